The summed E-state index contributed by atoms with van der Waals surface area (Å²) in [7, 11) is 0. The van der Waals surface area contributed by atoms with Crippen LogP contribution >= 0.6 is 0 Å². The highest BCUT2D eigenvalue weighted by atomic mass is 16.7. The third-order valence-electron chi connectivity index (χ3n) is 3.61. The Bertz CT molecular complexity index is 459. The first kappa shape index (κ1) is 10.7. The molecule has 1 aliphatic carbocycles. The van der Waals surface area contributed by atoms with Crippen molar-refractivity contribution in [2.75, 3.05) is 13.2 Å². The van der Waals surface area contributed by atoms with Gasteiger partial charge in [0.25, 0.3) is 0 Å². The third-order valence-corrected chi connectivity index (χ3v) is 3.61. The Labute approximate surface area is 98.4 Å². The first-order valence-electron chi connectivity index (χ1n) is 5.56. The fraction of sp³-hybridized carbons (Fsp3) is 0.500. The molecule has 2 heterocycles. The molecule has 1 fully saturated rings. The summed E-state index contributed by atoms with van der Waals surface area (Å²) >= 11 is 0. The maximum absolute atomic E-state index is 11.5. The molecule has 0 amide bonds. The predicted octanol–water partition coefficient (Wildman–Crippen LogP) is 1.41. The van der Waals surface area contributed by atoms with Gasteiger partial charge in [0, 0.05) is 12.0 Å². The molecule has 5 heteroatoms. The summed E-state index contributed by atoms with van der Waals surface area (Å²) in [5, 5.41) is 0. The standard InChI is InChI=1S/C12H13NO4/c1-11(7-14)9(10-6-13-8-15-10)2-3-12(11)16-4-5-17-12/h2,6-8H,3-5H2,1H3/t11-/m0/s1. The van der Waals surface area contributed by atoms with E-state index >= 15 is 0 Å². The van der Waals surface area contributed by atoms with Crippen molar-refractivity contribution in [3.63, 3.8) is 0 Å². The Hall–Kier alpha value is -1.46. The number of ether oxygens (including phenoxy) is 2. The van der Waals surface area contributed by atoms with Crippen LogP contribution < -0.4 is 0 Å². The molecule has 90 valence electrons. The monoisotopic (exact) mass is 235 g/mol. The number of oxazole rings is 1. The molecule has 0 saturated carbocycles. The van der Waals surface area contributed by atoms with Crippen LogP contribution in [0.1, 0.15) is 19.1 Å². The maximum atomic E-state index is 11.5. The van der Waals surface area contributed by atoms with Crippen molar-refractivity contribution >= 4 is 11.9 Å². The van der Waals surface area contributed by atoms with Crippen molar-refractivity contribution in [1.82, 2.24) is 4.98 Å². The minimum atomic E-state index is -0.864. The van der Waals surface area contributed by atoms with E-state index in [1.807, 2.05) is 13.0 Å². The summed E-state index contributed by atoms with van der Waals surface area (Å²) in [4.78, 5) is 15.4. The Morgan fingerprint density at radius 3 is 2.76 bits per heavy atom. The molecule has 1 aliphatic heterocycles. The lowest BCUT2D eigenvalue weighted by atomic mass is 9.79. The number of nitrogens with zero attached hydrogens (tertiary/aromatic N) is 1. The fourth-order valence-corrected chi connectivity index (χ4v) is 2.60. The van der Waals surface area contributed by atoms with E-state index in [2.05, 4.69) is 4.98 Å². The second-order valence-electron chi connectivity index (χ2n) is 4.46. The van der Waals surface area contributed by atoms with Gasteiger partial charge in [0.05, 0.1) is 19.4 Å². The first-order valence-corrected chi connectivity index (χ1v) is 5.56. The molecule has 2 aliphatic rings. The molecule has 1 spiro atoms. The molecule has 0 aromatic carbocycles. The van der Waals surface area contributed by atoms with Gasteiger partial charge in [-0.15, -0.1) is 0 Å². The van der Waals surface area contributed by atoms with E-state index in [0.29, 0.717) is 25.4 Å². The number of carbonyl (C=O) groups is 1. The van der Waals surface area contributed by atoms with Gasteiger partial charge in [0.2, 0.25) is 0 Å². The van der Waals surface area contributed by atoms with Gasteiger partial charge in [0.1, 0.15) is 11.7 Å². The number of hydrogen-bond donors (Lipinski definition) is 0. The van der Waals surface area contributed by atoms with Gasteiger partial charge in [-0.05, 0) is 6.92 Å². The molecule has 5 nitrogen and oxygen atoms in total. The van der Waals surface area contributed by atoms with E-state index in [1.165, 1.54) is 6.39 Å². The van der Waals surface area contributed by atoms with Crippen LogP contribution in [0.5, 0.6) is 0 Å². The van der Waals surface area contributed by atoms with Gasteiger partial charge in [-0.1, -0.05) is 6.08 Å². The van der Waals surface area contributed by atoms with Gasteiger partial charge >= 0.3 is 0 Å². The molecule has 0 N–H and O–H groups in total. The van der Waals surface area contributed by atoms with Crippen LogP contribution in [0.2, 0.25) is 0 Å². The second-order valence-corrected chi connectivity index (χ2v) is 4.46. The van der Waals surface area contributed by atoms with Crippen LogP contribution in [-0.4, -0.2) is 30.3 Å². The molecule has 17 heavy (non-hydrogen) atoms. The zero-order valence-electron chi connectivity index (χ0n) is 9.51. The zero-order chi connectivity index (χ0) is 11.9. The van der Waals surface area contributed by atoms with E-state index < -0.39 is 11.2 Å². The summed E-state index contributed by atoms with van der Waals surface area (Å²) in [6.45, 7) is 2.84. The summed E-state index contributed by atoms with van der Waals surface area (Å²) in [6.07, 6.45) is 6.31. The molecule has 0 radical (unpaired) electrons. The smallest absolute Gasteiger partial charge is 0.188 e. The van der Waals surface area contributed by atoms with Gasteiger partial charge < -0.3 is 18.7 Å². The van der Waals surface area contributed by atoms with Crippen molar-refractivity contribution in [3.05, 3.63) is 24.4 Å². The average Bonchev–Trinajstić information content (AvgIpc) is 3.04. The Balaban J connectivity index is 2.05. The van der Waals surface area contributed by atoms with Crippen molar-refractivity contribution < 1.29 is 18.7 Å². The highest BCUT2D eigenvalue weighted by molar-refractivity contribution is 5.87. The predicted molar refractivity (Wildman–Crippen MR) is 57.9 cm³/mol. The lowest BCUT2D eigenvalue weighted by Gasteiger charge is -2.36. The topological polar surface area (TPSA) is 61.6 Å². The number of aldehydes is 1. The van der Waals surface area contributed by atoms with E-state index in [1.54, 1.807) is 6.20 Å². The number of carbonyl (C=O) groups excluding carboxylic acids is 1. The molecule has 1 atom stereocenters. The summed E-state index contributed by atoms with van der Waals surface area (Å²) in [5.74, 6) is -0.271. The van der Waals surface area contributed by atoms with E-state index in [4.69, 9.17) is 13.9 Å². The van der Waals surface area contributed by atoms with Crippen LogP contribution in [0.3, 0.4) is 0 Å². The average molecular weight is 235 g/mol. The Morgan fingerprint density at radius 2 is 2.18 bits per heavy atom. The zero-order valence-corrected chi connectivity index (χ0v) is 9.51. The first-order chi connectivity index (χ1) is 8.22. The second kappa shape index (κ2) is 3.51. The summed E-state index contributed by atoms with van der Waals surface area (Å²) < 4.78 is 16.6. The van der Waals surface area contributed by atoms with Crippen LogP contribution in [0, 0.1) is 5.41 Å². The van der Waals surface area contributed by atoms with Crippen LogP contribution in [0.25, 0.3) is 5.57 Å². The van der Waals surface area contributed by atoms with Crippen molar-refractivity contribution in [1.29, 1.82) is 0 Å². The highest BCUT2D eigenvalue weighted by Crippen LogP contribution is 2.53. The highest BCUT2D eigenvalue weighted by Gasteiger charge is 2.59. The van der Waals surface area contributed by atoms with E-state index in [9.17, 15) is 4.79 Å². The quantitative estimate of drug-likeness (QED) is 0.725. The molecule has 1 aromatic heterocycles. The number of hydrogen-bond acceptors (Lipinski definition) is 5. The molecular formula is C12H13NO4. The van der Waals surface area contributed by atoms with E-state index in [0.717, 1.165) is 11.9 Å². The van der Waals surface area contributed by atoms with Crippen LogP contribution in [-0.2, 0) is 14.3 Å². The van der Waals surface area contributed by atoms with Crippen molar-refractivity contribution in [2.24, 2.45) is 5.41 Å². The van der Waals surface area contributed by atoms with Gasteiger partial charge in [0.15, 0.2) is 17.9 Å². The maximum Gasteiger partial charge on any atom is 0.188 e. The van der Waals surface area contributed by atoms with Crippen molar-refractivity contribution in [2.45, 2.75) is 19.1 Å². The lowest BCUT2D eigenvalue weighted by molar-refractivity contribution is -0.200. The normalized spacial score (nSPS) is 30.8. The SMILES string of the molecule is C[C@]1(C=O)C(c2cnco2)=CCC12OCCO2. The Kier molecular flexibility index (Phi) is 2.21. The largest absolute Gasteiger partial charge is 0.444 e. The summed E-state index contributed by atoms with van der Waals surface area (Å²) in [5.41, 5.74) is -0.0600. The molecule has 0 unspecified atom stereocenters. The van der Waals surface area contributed by atoms with Crippen LogP contribution in [0.15, 0.2) is 23.1 Å². The van der Waals surface area contributed by atoms with E-state index in [-0.39, 0.29) is 0 Å². The van der Waals surface area contributed by atoms with Gasteiger partial charge in [-0.25, -0.2) is 4.98 Å². The minimum absolute atomic E-state index is 0.515. The lowest BCUT2D eigenvalue weighted by Crippen LogP contribution is -2.45. The number of rotatable bonds is 2. The van der Waals surface area contributed by atoms with Gasteiger partial charge in [-0.3, -0.25) is 0 Å². The minimum Gasteiger partial charge on any atom is -0.444 e. The molecule has 0 bridgehead atoms. The Morgan fingerprint density at radius 1 is 1.41 bits per heavy atom. The fourth-order valence-electron chi connectivity index (χ4n) is 2.60. The number of aromatic nitrogens is 1. The molecule has 1 saturated heterocycles. The van der Waals surface area contributed by atoms with Gasteiger partial charge in [-0.2, -0.15) is 0 Å². The summed E-state index contributed by atoms with van der Waals surface area (Å²) in [6, 6.07) is 0. The third kappa shape index (κ3) is 1.26. The molecule has 1 aromatic rings. The van der Waals surface area contributed by atoms with Crippen molar-refractivity contribution in [3.8, 4) is 0 Å². The molecule has 3 rings (SSSR count). The molecular weight excluding hydrogens is 222 g/mol. The van der Waals surface area contributed by atoms with Crippen LogP contribution in [0.4, 0.5) is 0 Å².